The van der Waals surface area contributed by atoms with Gasteiger partial charge in [-0.15, -0.1) is 0 Å². The van der Waals surface area contributed by atoms with Gasteiger partial charge in [-0.1, -0.05) is 30.3 Å². The summed E-state index contributed by atoms with van der Waals surface area (Å²) in [6.07, 6.45) is 1.84. The normalized spacial score (nSPS) is 13.3. The van der Waals surface area contributed by atoms with Gasteiger partial charge in [0, 0.05) is 5.39 Å². The van der Waals surface area contributed by atoms with Crippen molar-refractivity contribution in [3.05, 3.63) is 42.5 Å². The van der Waals surface area contributed by atoms with Crippen LogP contribution in [-0.2, 0) is 10.9 Å². The van der Waals surface area contributed by atoms with Crippen molar-refractivity contribution >= 4 is 21.7 Å². The molecule has 2 aromatic carbocycles. The highest BCUT2D eigenvalue weighted by atomic mass is 32.2. The second kappa shape index (κ2) is 4.23. The lowest BCUT2D eigenvalue weighted by molar-refractivity contribution is 0.0375. The molecule has 0 aliphatic heterocycles. The van der Waals surface area contributed by atoms with Gasteiger partial charge in [0.25, 0.3) is 0 Å². The molecule has 78 valence electrons. The summed E-state index contributed by atoms with van der Waals surface area (Å²) in [5.74, 6) is 0. The molecule has 3 heteroatoms. The lowest BCUT2D eigenvalue weighted by Crippen LogP contribution is -2.19. The molecular formula is C12H13O2S+. The van der Waals surface area contributed by atoms with Crippen molar-refractivity contribution in [1.29, 1.82) is 0 Å². The van der Waals surface area contributed by atoms with E-state index in [1.165, 1.54) is 0 Å². The van der Waals surface area contributed by atoms with Crippen LogP contribution < -0.4 is 0 Å². The maximum absolute atomic E-state index is 9.20. The van der Waals surface area contributed by atoms with E-state index >= 15 is 0 Å². The maximum Gasteiger partial charge on any atom is 0.330 e. The molecule has 0 radical (unpaired) electrons. The summed E-state index contributed by atoms with van der Waals surface area (Å²) in [5, 5.41) is 20.6. The molecule has 1 atom stereocenters. The fourth-order valence-corrected chi connectivity index (χ4v) is 2.64. The Kier molecular flexibility index (Phi) is 2.95. The fourth-order valence-electron chi connectivity index (χ4n) is 1.59. The molecule has 15 heavy (non-hydrogen) atoms. The van der Waals surface area contributed by atoms with Gasteiger partial charge < -0.3 is 10.2 Å². The smallest absolute Gasteiger partial charge is 0.327 e. The van der Waals surface area contributed by atoms with Gasteiger partial charge in [0.15, 0.2) is 4.90 Å². The van der Waals surface area contributed by atoms with Crippen molar-refractivity contribution in [2.75, 3.05) is 6.26 Å². The zero-order valence-corrected chi connectivity index (χ0v) is 9.24. The SMILES string of the molecule is C[S+](c1cccc2ccccc12)C(O)O. The molecular weight excluding hydrogens is 208 g/mol. The van der Waals surface area contributed by atoms with Crippen LogP contribution in [0.15, 0.2) is 47.4 Å². The van der Waals surface area contributed by atoms with Crippen LogP contribution in [0.4, 0.5) is 0 Å². The summed E-state index contributed by atoms with van der Waals surface area (Å²) >= 11 is 0. The zero-order valence-electron chi connectivity index (χ0n) is 8.42. The van der Waals surface area contributed by atoms with Crippen LogP contribution in [0.25, 0.3) is 10.8 Å². The molecule has 0 saturated heterocycles. The number of hydrogen-bond acceptors (Lipinski definition) is 2. The zero-order chi connectivity index (χ0) is 10.8. The third kappa shape index (κ3) is 2.00. The van der Waals surface area contributed by atoms with Crippen LogP contribution in [0.3, 0.4) is 0 Å². The van der Waals surface area contributed by atoms with E-state index in [0.29, 0.717) is 0 Å². The molecule has 0 amide bonds. The first-order valence-corrected chi connectivity index (χ1v) is 6.38. The fraction of sp³-hybridized carbons (Fsp3) is 0.167. The Bertz CT molecular complexity index is 463. The summed E-state index contributed by atoms with van der Waals surface area (Å²) in [6, 6.07) is 13.9. The molecule has 0 saturated carbocycles. The first-order valence-electron chi connectivity index (χ1n) is 4.69. The van der Waals surface area contributed by atoms with E-state index in [4.69, 9.17) is 0 Å². The van der Waals surface area contributed by atoms with E-state index < -0.39 is 16.5 Å². The Labute approximate surface area is 91.5 Å². The van der Waals surface area contributed by atoms with Gasteiger partial charge in [-0.3, -0.25) is 0 Å². The molecule has 0 aliphatic carbocycles. The third-order valence-corrected chi connectivity index (χ3v) is 4.09. The second-order valence-corrected chi connectivity index (χ2v) is 5.34. The van der Waals surface area contributed by atoms with Crippen LogP contribution in [0, 0.1) is 0 Å². The summed E-state index contributed by atoms with van der Waals surface area (Å²) in [6.45, 7) is 0. The average molecular weight is 221 g/mol. The van der Waals surface area contributed by atoms with Crippen molar-refractivity contribution in [3.63, 3.8) is 0 Å². The van der Waals surface area contributed by atoms with Crippen molar-refractivity contribution in [2.24, 2.45) is 0 Å². The molecule has 2 aromatic rings. The van der Waals surface area contributed by atoms with E-state index in [-0.39, 0.29) is 0 Å². The van der Waals surface area contributed by atoms with Crippen LogP contribution >= 0.6 is 0 Å². The average Bonchev–Trinajstić information content (AvgIpc) is 2.27. The van der Waals surface area contributed by atoms with Gasteiger partial charge in [0.1, 0.15) is 6.26 Å². The summed E-state index contributed by atoms with van der Waals surface area (Å²) in [5.41, 5.74) is -1.28. The van der Waals surface area contributed by atoms with Crippen LogP contribution in [0.5, 0.6) is 0 Å². The number of rotatable bonds is 2. The number of aliphatic hydroxyl groups excluding tert-OH is 1. The number of hydrogen-bond donors (Lipinski definition) is 2. The van der Waals surface area contributed by atoms with Crippen molar-refractivity contribution in [1.82, 2.24) is 0 Å². The monoisotopic (exact) mass is 221 g/mol. The highest BCUT2D eigenvalue weighted by Crippen LogP contribution is 2.24. The van der Waals surface area contributed by atoms with E-state index in [2.05, 4.69) is 0 Å². The van der Waals surface area contributed by atoms with Crippen LogP contribution in [0.1, 0.15) is 0 Å². The van der Waals surface area contributed by atoms with Crippen LogP contribution in [-0.4, -0.2) is 22.1 Å². The number of fused-ring (bicyclic) bond motifs is 1. The molecule has 2 N–H and O–H groups in total. The maximum atomic E-state index is 9.20. The number of aliphatic hydroxyl groups is 2. The standard InChI is InChI=1S/C12H13O2S/c1-15(12(13)14)11-8-4-6-9-5-2-3-7-10(9)11/h2-8,12-14H,1H3/q+1. The number of benzene rings is 2. The van der Waals surface area contributed by atoms with E-state index in [9.17, 15) is 10.2 Å². The lowest BCUT2D eigenvalue weighted by atomic mass is 10.1. The summed E-state index contributed by atoms with van der Waals surface area (Å²) in [4.78, 5) is 1.00. The molecule has 0 fully saturated rings. The van der Waals surface area contributed by atoms with Gasteiger partial charge >= 0.3 is 5.62 Å². The topological polar surface area (TPSA) is 40.5 Å². The Morgan fingerprint density at radius 2 is 1.67 bits per heavy atom. The molecule has 0 heterocycles. The van der Waals surface area contributed by atoms with Crippen molar-refractivity contribution in [2.45, 2.75) is 10.5 Å². The molecule has 1 unspecified atom stereocenters. The Hall–Kier alpha value is -1.03. The highest BCUT2D eigenvalue weighted by molar-refractivity contribution is 7.96. The second-order valence-electron chi connectivity index (χ2n) is 3.36. The molecule has 2 nitrogen and oxygen atoms in total. The lowest BCUT2D eigenvalue weighted by Gasteiger charge is -2.07. The molecule has 2 rings (SSSR count). The molecule has 0 aromatic heterocycles. The minimum Gasteiger partial charge on any atom is -0.327 e. The Balaban J connectivity index is 2.60. The predicted octanol–water partition coefficient (Wildman–Crippen LogP) is 1.71. The van der Waals surface area contributed by atoms with E-state index in [1.54, 1.807) is 0 Å². The third-order valence-electron chi connectivity index (χ3n) is 2.41. The minimum atomic E-state index is -1.28. The molecule has 0 aliphatic rings. The highest BCUT2D eigenvalue weighted by Gasteiger charge is 2.25. The molecule has 0 bridgehead atoms. The first kappa shape index (κ1) is 10.5. The molecule has 0 spiro atoms. The van der Waals surface area contributed by atoms with Gasteiger partial charge in [-0.05, 0) is 17.5 Å². The van der Waals surface area contributed by atoms with Crippen LogP contribution in [0.2, 0.25) is 0 Å². The largest absolute Gasteiger partial charge is 0.330 e. The van der Waals surface area contributed by atoms with Gasteiger partial charge in [-0.2, -0.15) is 0 Å². The quantitative estimate of drug-likeness (QED) is 0.599. The summed E-state index contributed by atoms with van der Waals surface area (Å²) in [7, 11) is -0.549. The Morgan fingerprint density at radius 1 is 1.00 bits per heavy atom. The predicted molar refractivity (Wildman–Crippen MR) is 63.7 cm³/mol. The van der Waals surface area contributed by atoms with E-state index in [0.717, 1.165) is 15.7 Å². The van der Waals surface area contributed by atoms with Crippen molar-refractivity contribution < 1.29 is 10.2 Å². The van der Waals surface area contributed by atoms with Gasteiger partial charge in [-0.25, -0.2) is 0 Å². The summed E-state index contributed by atoms with van der Waals surface area (Å²) < 4.78 is 0. The minimum absolute atomic E-state index is 0.549. The van der Waals surface area contributed by atoms with Crippen molar-refractivity contribution in [3.8, 4) is 0 Å². The Morgan fingerprint density at radius 3 is 2.40 bits per heavy atom. The first-order chi connectivity index (χ1) is 7.20. The van der Waals surface area contributed by atoms with Gasteiger partial charge in [0.05, 0.1) is 10.9 Å². The van der Waals surface area contributed by atoms with E-state index in [1.807, 2.05) is 48.7 Å². The van der Waals surface area contributed by atoms with Gasteiger partial charge in [0.2, 0.25) is 0 Å².